The minimum atomic E-state index is -4.37. The Morgan fingerprint density at radius 2 is 1.76 bits per heavy atom. The lowest BCUT2D eigenvalue weighted by Gasteiger charge is -2.12. The lowest BCUT2D eigenvalue weighted by atomic mass is 10.3. The van der Waals surface area contributed by atoms with E-state index in [1.165, 1.54) is 12.3 Å². The Bertz CT molecular complexity index is 760. The molecule has 4 N–H and O–H groups in total. The number of sulfonamides is 1. The maximum absolute atomic E-state index is 13.5. The highest BCUT2D eigenvalue weighted by molar-refractivity contribution is 7.92. The van der Waals surface area contributed by atoms with Crippen LogP contribution in [0.15, 0.2) is 35.5 Å². The molecule has 0 fully saturated rings. The van der Waals surface area contributed by atoms with E-state index >= 15 is 0 Å². The van der Waals surface area contributed by atoms with Gasteiger partial charge in [0.25, 0.3) is 10.0 Å². The first kappa shape index (κ1) is 15.1. The van der Waals surface area contributed by atoms with E-state index in [1.807, 2.05) is 0 Å². The van der Waals surface area contributed by atoms with Crippen molar-refractivity contribution in [2.45, 2.75) is 4.90 Å². The van der Waals surface area contributed by atoms with E-state index in [2.05, 4.69) is 10.4 Å². The van der Waals surface area contributed by atoms with Crippen molar-refractivity contribution in [3.63, 3.8) is 0 Å². The molecule has 10 heteroatoms. The summed E-state index contributed by atoms with van der Waals surface area (Å²) in [5, 5.41) is 0. The van der Waals surface area contributed by atoms with Crippen LogP contribution in [-0.2, 0) is 10.0 Å². The fourth-order valence-electron chi connectivity index (χ4n) is 1.54. The third-order valence-electron chi connectivity index (χ3n) is 2.47. The van der Waals surface area contributed by atoms with Gasteiger partial charge in [-0.25, -0.2) is 21.6 Å². The van der Waals surface area contributed by atoms with Gasteiger partial charge >= 0.3 is 0 Å². The summed E-state index contributed by atoms with van der Waals surface area (Å²) in [6, 6.07) is 1.96. The fourth-order valence-corrected chi connectivity index (χ4v) is 2.73. The Kier molecular flexibility index (Phi) is 4.00. The molecule has 0 saturated heterocycles. The van der Waals surface area contributed by atoms with Gasteiger partial charge in [-0.2, -0.15) is 0 Å². The first-order valence-electron chi connectivity index (χ1n) is 5.43. The summed E-state index contributed by atoms with van der Waals surface area (Å²) in [5.41, 5.74) is 1.09. The van der Waals surface area contributed by atoms with E-state index in [-0.39, 0.29) is 5.69 Å². The van der Waals surface area contributed by atoms with Crippen molar-refractivity contribution in [2.24, 2.45) is 5.84 Å². The normalized spacial score (nSPS) is 11.2. The fraction of sp³-hybridized carbons (Fsp3) is 0. The number of benzene rings is 1. The number of hydrazine groups is 1. The smallest absolute Gasteiger partial charge is 0.265 e. The first-order chi connectivity index (χ1) is 9.85. The molecule has 0 saturated carbocycles. The second kappa shape index (κ2) is 5.58. The second-order valence-electron chi connectivity index (χ2n) is 3.87. The predicted octanol–water partition coefficient (Wildman–Crippen LogP) is 1.59. The summed E-state index contributed by atoms with van der Waals surface area (Å²) in [6.45, 7) is 0. The Balaban J connectivity index is 2.48. The number of halogens is 3. The molecule has 0 unspecified atom stereocenters. The van der Waals surface area contributed by atoms with Crippen LogP contribution >= 0.6 is 0 Å². The van der Waals surface area contributed by atoms with Crippen LogP contribution < -0.4 is 16.0 Å². The quantitative estimate of drug-likeness (QED) is 0.587. The molecule has 6 nitrogen and oxygen atoms in total. The number of hydrogen-bond acceptors (Lipinski definition) is 5. The molecule has 112 valence electrons. The number of pyridine rings is 1. The Morgan fingerprint density at radius 3 is 2.33 bits per heavy atom. The van der Waals surface area contributed by atoms with E-state index in [9.17, 15) is 21.6 Å². The molecule has 1 aromatic heterocycles. The molecule has 0 radical (unpaired) electrons. The zero-order chi connectivity index (χ0) is 15.6. The van der Waals surface area contributed by atoms with Crippen molar-refractivity contribution >= 4 is 21.4 Å². The van der Waals surface area contributed by atoms with E-state index in [4.69, 9.17) is 5.84 Å². The van der Waals surface area contributed by atoms with E-state index in [0.29, 0.717) is 12.1 Å². The largest absolute Gasteiger partial charge is 0.323 e. The molecule has 0 bridgehead atoms. The number of nitrogens with two attached hydrogens (primary N) is 1. The van der Waals surface area contributed by atoms with Crippen LogP contribution in [0.4, 0.5) is 24.5 Å². The number of anilines is 2. The number of nitrogens with one attached hydrogen (secondary N) is 2. The van der Waals surface area contributed by atoms with Crippen molar-refractivity contribution < 1.29 is 21.6 Å². The number of nitrogens with zero attached hydrogens (tertiary/aromatic N) is 1. The molecule has 0 spiro atoms. The molecular formula is C11H9F3N4O2S. The molecule has 1 heterocycles. The highest BCUT2D eigenvalue weighted by atomic mass is 32.2. The highest BCUT2D eigenvalue weighted by Crippen LogP contribution is 2.26. The second-order valence-corrected chi connectivity index (χ2v) is 5.52. The van der Waals surface area contributed by atoms with E-state index < -0.39 is 38.1 Å². The standard InChI is InChI=1S/C11H9F3N4O2S/c12-6-3-7(13)11(8(14)4-6)18-21(19,20)10-5-16-2-1-9(10)17-15/h1-5,18H,15H2,(H,16,17). The summed E-state index contributed by atoms with van der Waals surface area (Å²) in [4.78, 5) is 3.18. The van der Waals surface area contributed by atoms with Gasteiger partial charge in [-0.15, -0.1) is 0 Å². The van der Waals surface area contributed by atoms with Gasteiger partial charge in [0.1, 0.15) is 16.4 Å². The van der Waals surface area contributed by atoms with Gasteiger partial charge in [-0.1, -0.05) is 0 Å². The summed E-state index contributed by atoms with van der Waals surface area (Å²) in [7, 11) is -4.37. The Morgan fingerprint density at radius 1 is 1.14 bits per heavy atom. The summed E-state index contributed by atoms with van der Waals surface area (Å²) in [5.74, 6) is 1.21. The molecule has 0 aliphatic rings. The summed E-state index contributed by atoms with van der Waals surface area (Å²) >= 11 is 0. The van der Waals surface area contributed by atoms with Crippen molar-refractivity contribution in [1.29, 1.82) is 0 Å². The van der Waals surface area contributed by atoms with Gasteiger partial charge < -0.3 is 5.43 Å². The topological polar surface area (TPSA) is 97.1 Å². The van der Waals surface area contributed by atoms with Crippen LogP contribution in [0, 0.1) is 17.5 Å². The van der Waals surface area contributed by atoms with Crippen LogP contribution in [0.3, 0.4) is 0 Å². The third-order valence-corrected chi connectivity index (χ3v) is 3.85. The predicted molar refractivity (Wildman–Crippen MR) is 69.2 cm³/mol. The van der Waals surface area contributed by atoms with E-state index in [1.54, 1.807) is 4.72 Å². The van der Waals surface area contributed by atoms with Gasteiger partial charge in [0.2, 0.25) is 0 Å². The summed E-state index contributed by atoms with van der Waals surface area (Å²) < 4.78 is 65.6. The lowest BCUT2D eigenvalue weighted by molar-refractivity contribution is 0.547. The van der Waals surface area contributed by atoms with Crippen molar-refractivity contribution in [3.05, 3.63) is 48.0 Å². The van der Waals surface area contributed by atoms with Gasteiger partial charge in [-0.3, -0.25) is 15.5 Å². The zero-order valence-electron chi connectivity index (χ0n) is 10.3. The zero-order valence-corrected chi connectivity index (χ0v) is 11.1. The van der Waals surface area contributed by atoms with Crippen LogP contribution in [0.2, 0.25) is 0 Å². The van der Waals surface area contributed by atoms with Crippen LogP contribution in [0.25, 0.3) is 0 Å². The maximum atomic E-state index is 13.5. The van der Waals surface area contributed by atoms with Crippen LogP contribution in [-0.4, -0.2) is 13.4 Å². The number of aromatic nitrogens is 1. The van der Waals surface area contributed by atoms with E-state index in [0.717, 1.165) is 6.20 Å². The minimum Gasteiger partial charge on any atom is -0.323 e. The van der Waals surface area contributed by atoms with Crippen molar-refractivity contribution in [2.75, 3.05) is 10.1 Å². The first-order valence-corrected chi connectivity index (χ1v) is 6.91. The molecule has 0 atom stereocenters. The van der Waals surface area contributed by atoms with Crippen molar-refractivity contribution in [1.82, 2.24) is 4.98 Å². The summed E-state index contributed by atoms with van der Waals surface area (Å²) in [6.07, 6.45) is 2.21. The average molecular weight is 318 g/mol. The Hall–Kier alpha value is -2.33. The molecule has 0 amide bonds. The molecule has 0 aliphatic heterocycles. The number of hydrogen-bond donors (Lipinski definition) is 3. The SMILES string of the molecule is NNc1ccncc1S(=O)(=O)Nc1c(F)cc(F)cc1F. The number of rotatable bonds is 4. The molecule has 2 rings (SSSR count). The van der Waals surface area contributed by atoms with Crippen LogP contribution in [0.1, 0.15) is 0 Å². The maximum Gasteiger partial charge on any atom is 0.265 e. The molecule has 1 aromatic carbocycles. The minimum absolute atomic E-state index is 0.0274. The molecule has 2 aromatic rings. The average Bonchev–Trinajstić information content (AvgIpc) is 2.43. The molecule has 21 heavy (non-hydrogen) atoms. The van der Waals surface area contributed by atoms with Gasteiger partial charge in [-0.05, 0) is 6.07 Å². The highest BCUT2D eigenvalue weighted by Gasteiger charge is 2.23. The lowest BCUT2D eigenvalue weighted by Crippen LogP contribution is -2.19. The van der Waals surface area contributed by atoms with Gasteiger partial charge in [0.15, 0.2) is 11.6 Å². The number of nitrogen functional groups attached to an aromatic ring is 1. The van der Waals surface area contributed by atoms with Crippen molar-refractivity contribution in [3.8, 4) is 0 Å². The Labute approximate surface area is 117 Å². The molecule has 0 aliphatic carbocycles. The molecular weight excluding hydrogens is 309 g/mol. The monoisotopic (exact) mass is 318 g/mol. The van der Waals surface area contributed by atoms with Gasteiger partial charge in [0, 0.05) is 24.5 Å². The van der Waals surface area contributed by atoms with Crippen LogP contribution in [0.5, 0.6) is 0 Å². The third kappa shape index (κ3) is 3.06. The van der Waals surface area contributed by atoms with Gasteiger partial charge in [0.05, 0.1) is 5.69 Å².